The molecule has 0 bridgehead atoms. The van der Waals surface area contributed by atoms with Crippen molar-refractivity contribution in [3.05, 3.63) is 0 Å². The van der Waals surface area contributed by atoms with E-state index in [0.29, 0.717) is 6.04 Å². The second-order valence-corrected chi connectivity index (χ2v) is 5.22. The monoisotopic (exact) mass is 225 g/mol. The van der Waals surface area contributed by atoms with Crippen molar-refractivity contribution in [3.8, 4) is 0 Å². The Morgan fingerprint density at radius 3 is 2.25 bits per heavy atom. The number of rotatable bonds is 3. The van der Waals surface area contributed by atoms with E-state index in [1.807, 2.05) is 4.90 Å². The molecule has 0 aromatic carbocycles. The van der Waals surface area contributed by atoms with Gasteiger partial charge in [-0.05, 0) is 31.6 Å². The van der Waals surface area contributed by atoms with Crippen molar-refractivity contribution >= 4 is 6.41 Å². The highest BCUT2D eigenvalue weighted by Crippen LogP contribution is 2.24. The average Bonchev–Trinajstić information content (AvgIpc) is 2.33. The zero-order valence-electron chi connectivity index (χ0n) is 9.98. The number of nitrogens with two attached hydrogens (primary N) is 1. The third kappa shape index (κ3) is 3.19. The molecule has 1 saturated heterocycles. The lowest BCUT2D eigenvalue weighted by Gasteiger charge is -2.36. The molecule has 16 heavy (non-hydrogen) atoms. The van der Waals surface area contributed by atoms with E-state index in [9.17, 15) is 4.79 Å². The van der Waals surface area contributed by atoms with Crippen molar-refractivity contribution in [2.75, 3.05) is 32.7 Å². The molecule has 1 heterocycles. The minimum Gasteiger partial charge on any atom is -0.343 e. The molecular formula is C12H23N3O. The van der Waals surface area contributed by atoms with Crippen LogP contribution in [0.15, 0.2) is 0 Å². The first kappa shape index (κ1) is 11.9. The van der Waals surface area contributed by atoms with Crippen LogP contribution in [0.2, 0.25) is 0 Å². The van der Waals surface area contributed by atoms with Gasteiger partial charge in [-0.2, -0.15) is 0 Å². The van der Waals surface area contributed by atoms with Gasteiger partial charge in [0.05, 0.1) is 0 Å². The molecule has 2 rings (SSSR count). The fourth-order valence-corrected chi connectivity index (χ4v) is 2.79. The second kappa shape index (κ2) is 5.64. The Kier molecular flexibility index (Phi) is 4.18. The summed E-state index contributed by atoms with van der Waals surface area (Å²) in [4.78, 5) is 15.0. The highest BCUT2D eigenvalue weighted by atomic mass is 16.1. The summed E-state index contributed by atoms with van der Waals surface area (Å²) in [5, 5.41) is 0. The predicted molar refractivity (Wildman–Crippen MR) is 64.0 cm³/mol. The van der Waals surface area contributed by atoms with Gasteiger partial charge in [0.1, 0.15) is 0 Å². The highest BCUT2D eigenvalue weighted by Gasteiger charge is 2.22. The van der Waals surface area contributed by atoms with Crippen molar-refractivity contribution in [1.82, 2.24) is 9.80 Å². The summed E-state index contributed by atoms with van der Waals surface area (Å²) in [7, 11) is 0. The van der Waals surface area contributed by atoms with Crippen molar-refractivity contribution in [3.63, 3.8) is 0 Å². The van der Waals surface area contributed by atoms with Gasteiger partial charge in [0.25, 0.3) is 0 Å². The normalized spacial score (nSPS) is 32.7. The first-order chi connectivity index (χ1) is 7.78. The van der Waals surface area contributed by atoms with E-state index in [0.717, 1.165) is 38.5 Å². The fourth-order valence-electron chi connectivity index (χ4n) is 2.79. The first-order valence-corrected chi connectivity index (χ1v) is 6.45. The maximum atomic E-state index is 10.6. The number of nitrogens with zero attached hydrogens (tertiary/aromatic N) is 2. The molecule has 2 N–H and O–H groups in total. The van der Waals surface area contributed by atoms with Gasteiger partial charge in [-0.3, -0.25) is 9.69 Å². The van der Waals surface area contributed by atoms with Gasteiger partial charge in [-0.15, -0.1) is 0 Å². The Bertz CT molecular complexity index is 218. The van der Waals surface area contributed by atoms with Crippen LogP contribution in [0.3, 0.4) is 0 Å². The summed E-state index contributed by atoms with van der Waals surface area (Å²) < 4.78 is 0. The molecule has 1 aliphatic heterocycles. The Balaban J connectivity index is 1.68. The summed E-state index contributed by atoms with van der Waals surface area (Å²) in [6, 6.07) is 0.447. The minimum absolute atomic E-state index is 0.447. The van der Waals surface area contributed by atoms with Gasteiger partial charge < -0.3 is 10.6 Å². The van der Waals surface area contributed by atoms with Crippen LogP contribution >= 0.6 is 0 Å². The van der Waals surface area contributed by atoms with E-state index in [1.165, 1.54) is 32.2 Å². The van der Waals surface area contributed by atoms with E-state index in [-0.39, 0.29) is 0 Å². The number of amides is 1. The quantitative estimate of drug-likeness (QED) is 0.702. The average molecular weight is 225 g/mol. The standard InChI is InChI=1S/C12H23N3O/c13-12-3-1-11(2-4-12)9-14-5-7-15(10-16)8-6-14/h10-12H,1-9,13H2. The number of hydrogen-bond acceptors (Lipinski definition) is 3. The van der Waals surface area contributed by atoms with Gasteiger partial charge in [0, 0.05) is 38.8 Å². The van der Waals surface area contributed by atoms with Crippen LogP contribution in [0.4, 0.5) is 0 Å². The van der Waals surface area contributed by atoms with Crippen molar-refractivity contribution in [2.45, 2.75) is 31.7 Å². The summed E-state index contributed by atoms with van der Waals surface area (Å²) in [5.74, 6) is 0.836. The molecule has 1 saturated carbocycles. The van der Waals surface area contributed by atoms with Crippen molar-refractivity contribution in [1.29, 1.82) is 0 Å². The van der Waals surface area contributed by atoms with E-state index in [2.05, 4.69) is 4.90 Å². The second-order valence-electron chi connectivity index (χ2n) is 5.22. The molecule has 0 radical (unpaired) electrons. The van der Waals surface area contributed by atoms with Gasteiger partial charge in [0.15, 0.2) is 0 Å². The summed E-state index contributed by atoms with van der Waals surface area (Å²) in [6.07, 6.45) is 5.93. The number of carbonyl (C=O) groups is 1. The molecule has 1 aliphatic carbocycles. The molecular weight excluding hydrogens is 202 g/mol. The molecule has 0 atom stereocenters. The van der Waals surface area contributed by atoms with Crippen LogP contribution in [0.5, 0.6) is 0 Å². The van der Waals surface area contributed by atoms with Gasteiger partial charge in [-0.25, -0.2) is 0 Å². The van der Waals surface area contributed by atoms with Gasteiger partial charge >= 0.3 is 0 Å². The van der Waals surface area contributed by atoms with E-state index in [4.69, 9.17) is 5.73 Å². The Labute approximate surface area is 97.8 Å². The predicted octanol–water partition coefficient (Wildman–Crippen LogP) is 0.278. The van der Waals surface area contributed by atoms with Crippen LogP contribution in [0, 0.1) is 5.92 Å². The molecule has 2 fully saturated rings. The van der Waals surface area contributed by atoms with Gasteiger partial charge in [-0.1, -0.05) is 0 Å². The minimum atomic E-state index is 0.447. The third-order valence-corrected chi connectivity index (χ3v) is 3.96. The molecule has 92 valence electrons. The lowest BCUT2D eigenvalue weighted by atomic mass is 9.86. The van der Waals surface area contributed by atoms with Crippen LogP contribution < -0.4 is 5.73 Å². The smallest absolute Gasteiger partial charge is 0.209 e. The van der Waals surface area contributed by atoms with E-state index >= 15 is 0 Å². The van der Waals surface area contributed by atoms with Crippen LogP contribution in [-0.2, 0) is 4.79 Å². The number of carbonyl (C=O) groups excluding carboxylic acids is 1. The van der Waals surface area contributed by atoms with Crippen LogP contribution in [-0.4, -0.2) is 55.0 Å². The van der Waals surface area contributed by atoms with E-state index < -0.39 is 0 Å². The molecule has 4 nitrogen and oxygen atoms in total. The Hall–Kier alpha value is -0.610. The van der Waals surface area contributed by atoms with Crippen molar-refractivity contribution < 1.29 is 4.79 Å². The SMILES string of the molecule is NC1CCC(CN2CCN(C=O)CC2)CC1. The Morgan fingerprint density at radius 2 is 1.69 bits per heavy atom. The zero-order chi connectivity index (χ0) is 11.4. The topological polar surface area (TPSA) is 49.6 Å². The van der Waals surface area contributed by atoms with Crippen molar-refractivity contribution in [2.24, 2.45) is 11.7 Å². The highest BCUT2D eigenvalue weighted by molar-refractivity contribution is 5.47. The molecule has 4 heteroatoms. The molecule has 1 amide bonds. The molecule has 0 unspecified atom stereocenters. The lowest BCUT2D eigenvalue weighted by molar-refractivity contribution is -0.119. The maximum absolute atomic E-state index is 10.6. The largest absolute Gasteiger partial charge is 0.343 e. The summed E-state index contributed by atoms with van der Waals surface area (Å²) in [5.41, 5.74) is 5.91. The van der Waals surface area contributed by atoms with Gasteiger partial charge in [0.2, 0.25) is 6.41 Å². The Morgan fingerprint density at radius 1 is 1.06 bits per heavy atom. The van der Waals surface area contributed by atoms with Crippen LogP contribution in [0.25, 0.3) is 0 Å². The molecule has 0 aromatic heterocycles. The molecule has 0 spiro atoms. The third-order valence-electron chi connectivity index (χ3n) is 3.96. The molecule has 0 aromatic rings. The number of hydrogen-bond donors (Lipinski definition) is 1. The summed E-state index contributed by atoms with van der Waals surface area (Å²) >= 11 is 0. The zero-order valence-corrected chi connectivity index (χ0v) is 9.98. The summed E-state index contributed by atoms with van der Waals surface area (Å²) in [6.45, 7) is 5.09. The first-order valence-electron chi connectivity index (χ1n) is 6.45. The maximum Gasteiger partial charge on any atom is 0.209 e. The van der Waals surface area contributed by atoms with Crippen LogP contribution in [0.1, 0.15) is 25.7 Å². The molecule has 2 aliphatic rings. The number of piperazine rings is 1. The lowest BCUT2D eigenvalue weighted by Crippen LogP contribution is -2.47. The van der Waals surface area contributed by atoms with E-state index in [1.54, 1.807) is 0 Å². The fraction of sp³-hybridized carbons (Fsp3) is 0.917.